The average molecular weight is 888 g/mol. The second kappa shape index (κ2) is 31.2. The number of carbonyl (C=O) groups is 5. The minimum absolute atomic E-state index is 0. The molecule has 0 aromatic heterocycles. The Hall–Kier alpha value is -2.66. The van der Waals surface area contributed by atoms with Gasteiger partial charge < -0.3 is 28.6 Å². The summed E-state index contributed by atoms with van der Waals surface area (Å²) in [6.07, 6.45) is 3.94. The van der Waals surface area contributed by atoms with E-state index in [9.17, 15) is 24.0 Å². The molecule has 1 unspecified atom stereocenters. The highest BCUT2D eigenvalue weighted by atomic mass is 32.1. The van der Waals surface area contributed by atoms with Crippen LogP contribution in [-0.2, 0) is 42.9 Å². The summed E-state index contributed by atoms with van der Waals surface area (Å²) in [6.45, 7) is 40.3. The number of Topliss-reactive ketones (excluding diaryl/α,β-unsaturated/α-hetero) is 1. The Bertz CT molecular complexity index is 1250. The number of nitrogens with zero attached hydrogens (tertiary/aromatic N) is 5. The average Bonchev–Trinajstić information content (AvgIpc) is 3.43. The third-order valence-corrected chi connectivity index (χ3v) is 9.05. The standard InChI is InChI=1S/C34H57N5O7.2C5H12O.C2H6.H2S/c1-9-14-35-15-17-37(26-31(43)45-33(3,4)5)18-16-36(23-24-40)20-22-38(21-19-35)29(32(44)46-34(6,7)8)12-11-28(41)25-39-27(2)10-13-30(39)42;2*1-5(2,3)6-4;1-2;/h9,24,29H,1-2,10-23,25-26H2,3-8H3;2*1-4H3;1-2H3;1H2. The molecule has 14 nitrogen and oxygen atoms in total. The second-order valence-electron chi connectivity index (χ2n) is 18.8. The SMILES string of the molecule is C=CCN1CCN(CC(=O)OC(C)(C)C)CCN(CC=O)CCN(C(CCC(=O)CN2C(=C)CCC2=O)C(=O)OC(C)(C)C)CC1.CC.COC(C)(C)C.COC(C)(C)C.S. The van der Waals surface area contributed by atoms with Gasteiger partial charge in [-0.1, -0.05) is 26.5 Å². The molecular formula is C46H89N5O9S. The van der Waals surface area contributed by atoms with E-state index >= 15 is 0 Å². The Morgan fingerprint density at radius 1 is 0.672 bits per heavy atom. The van der Waals surface area contributed by atoms with Crippen molar-refractivity contribution in [1.82, 2.24) is 24.5 Å². The molecule has 1 amide bonds. The minimum Gasteiger partial charge on any atom is -0.459 e. The first-order valence-electron chi connectivity index (χ1n) is 21.6. The monoisotopic (exact) mass is 888 g/mol. The molecule has 0 bridgehead atoms. The van der Waals surface area contributed by atoms with Crippen molar-refractivity contribution in [3.63, 3.8) is 0 Å². The van der Waals surface area contributed by atoms with Crippen LogP contribution in [-0.4, -0.2) is 176 Å². The lowest BCUT2D eigenvalue weighted by atomic mass is 10.1. The zero-order valence-electron chi connectivity index (χ0n) is 41.4. The van der Waals surface area contributed by atoms with Crippen LogP contribution in [0.1, 0.15) is 123 Å². The van der Waals surface area contributed by atoms with Gasteiger partial charge in [-0.2, -0.15) is 13.5 Å². The predicted octanol–water partition coefficient (Wildman–Crippen LogP) is 6.13. The number of methoxy groups -OCH3 is 2. The van der Waals surface area contributed by atoms with E-state index in [0.717, 1.165) is 6.29 Å². The van der Waals surface area contributed by atoms with Crippen LogP contribution >= 0.6 is 13.5 Å². The number of ether oxygens (including phenoxy) is 4. The van der Waals surface area contributed by atoms with Gasteiger partial charge >= 0.3 is 11.9 Å². The van der Waals surface area contributed by atoms with Gasteiger partial charge in [0.05, 0.1) is 30.8 Å². The molecule has 2 heterocycles. The Kier molecular flexibility index (Phi) is 32.1. The van der Waals surface area contributed by atoms with E-state index in [1.54, 1.807) is 14.2 Å². The van der Waals surface area contributed by atoms with E-state index in [4.69, 9.17) is 18.9 Å². The van der Waals surface area contributed by atoms with Crippen molar-refractivity contribution in [3.05, 3.63) is 24.9 Å². The van der Waals surface area contributed by atoms with E-state index in [1.807, 2.05) is 108 Å². The van der Waals surface area contributed by atoms with Gasteiger partial charge in [-0.25, -0.2) is 0 Å². The number of amides is 1. The van der Waals surface area contributed by atoms with Crippen molar-refractivity contribution >= 4 is 43.4 Å². The number of hydrogen-bond donors (Lipinski definition) is 0. The zero-order valence-corrected chi connectivity index (χ0v) is 42.4. The number of carbonyl (C=O) groups excluding carboxylic acids is 5. The summed E-state index contributed by atoms with van der Waals surface area (Å²) in [5.74, 6) is -0.946. The lowest BCUT2D eigenvalue weighted by Gasteiger charge is -2.37. The zero-order chi connectivity index (χ0) is 46.9. The maximum Gasteiger partial charge on any atom is 0.323 e. The van der Waals surface area contributed by atoms with Gasteiger partial charge in [0, 0.05) is 91.7 Å². The molecule has 0 saturated carbocycles. The van der Waals surface area contributed by atoms with Crippen LogP contribution in [0.5, 0.6) is 0 Å². The summed E-state index contributed by atoms with van der Waals surface area (Å²) >= 11 is 0. The Morgan fingerprint density at radius 3 is 1.48 bits per heavy atom. The molecule has 0 radical (unpaired) electrons. The van der Waals surface area contributed by atoms with E-state index in [-0.39, 0.29) is 74.8 Å². The molecule has 1 atom stereocenters. The Labute approximate surface area is 378 Å². The summed E-state index contributed by atoms with van der Waals surface area (Å²) in [5, 5.41) is 0. The third-order valence-electron chi connectivity index (χ3n) is 9.05. The number of likely N-dealkylation sites (tertiary alicyclic amines) is 1. The van der Waals surface area contributed by atoms with Gasteiger partial charge in [-0.05, 0) is 95.9 Å². The molecule has 2 rings (SSSR count). The highest BCUT2D eigenvalue weighted by Crippen LogP contribution is 2.22. The van der Waals surface area contributed by atoms with Crippen molar-refractivity contribution in [2.45, 2.75) is 151 Å². The van der Waals surface area contributed by atoms with Crippen LogP contribution in [0.15, 0.2) is 24.9 Å². The van der Waals surface area contributed by atoms with Gasteiger partial charge in [0.15, 0.2) is 5.78 Å². The molecule has 0 spiro atoms. The van der Waals surface area contributed by atoms with Crippen molar-refractivity contribution < 1.29 is 42.9 Å². The predicted molar refractivity (Wildman–Crippen MR) is 252 cm³/mol. The van der Waals surface area contributed by atoms with Gasteiger partial charge in [0.2, 0.25) is 5.91 Å². The van der Waals surface area contributed by atoms with Crippen molar-refractivity contribution in [1.29, 1.82) is 0 Å². The van der Waals surface area contributed by atoms with Gasteiger partial charge in [0.1, 0.15) is 23.5 Å². The van der Waals surface area contributed by atoms with Crippen molar-refractivity contribution in [2.24, 2.45) is 0 Å². The van der Waals surface area contributed by atoms with Crippen LogP contribution < -0.4 is 0 Å². The molecule has 0 aromatic carbocycles. The fraction of sp³-hybridized carbons (Fsp3) is 0.804. The number of aldehydes is 1. The number of esters is 2. The summed E-state index contributed by atoms with van der Waals surface area (Å²) < 4.78 is 21.3. The number of allylic oxidation sites excluding steroid dienone is 1. The first-order valence-corrected chi connectivity index (χ1v) is 21.6. The molecule has 2 aliphatic heterocycles. The van der Waals surface area contributed by atoms with Gasteiger partial charge in [-0.15, -0.1) is 6.58 Å². The maximum atomic E-state index is 13.6. The Balaban J connectivity index is -0.00000193. The third kappa shape index (κ3) is 32.6. The Morgan fingerprint density at radius 2 is 1.10 bits per heavy atom. The van der Waals surface area contributed by atoms with E-state index < -0.39 is 23.2 Å². The molecule has 2 aliphatic rings. The normalized spacial score (nSPS) is 17.3. The van der Waals surface area contributed by atoms with Gasteiger partial charge in [-0.3, -0.25) is 38.8 Å². The highest BCUT2D eigenvalue weighted by Gasteiger charge is 2.33. The topological polar surface area (TPSA) is 138 Å². The van der Waals surface area contributed by atoms with E-state index in [1.165, 1.54) is 4.90 Å². The van der Waals surface area contributed by atoms with Crippen LogP contribution in [0, 0.1) is 0 Å². The fourth-order valence-corrected chi connectivity index (χ4v) is 5.50. The summed E-state index contributed by atoms with van der Waals surface area (Å²) in [4.78, 5) is 73.0. The summed E-state index contributed by atoms with van der Waals surface area (Å²) in [5.41, 5.74) is -0.574. The molecule has 2 saturated heterocycles. The molecule has 15 heteroatoms. The molecule has 0 N–H and O–H groups in total. The molecule has 2 fully saturated rings. The summed E-state index contributed by atoms with van der Waals surface area (Å²) in [6, 6.07) is -0.698. The van der Waals surface area contributed by atoms with Crippen molar-refractivity contribution in [3.8, 4) is 0 Å². The quantitative estimate of drug-likeness (QED) is 0.119. The van der Waals surface area contributed by atoms with Crippen LogP contribution in [0.2, 0.25) is 0 Å². The largest absolute Gasteiger partial charge is 0.459 e. The molecular weight excluding hydrogens is 799 g/mol. The maximum absolute atomic E-state index is 13.6. The lowest BCUT2D eigenvalue weighted by molar-refractivity contribution is -0.162. The highest BCUT2D eigenvalue weighted by molar-refractivity contribution is 7.59. The number of ketones is 1. The summed E-state index contributed by atoms with van der Waals surface area (Å²) in [7, 11) is 3.42. The van der Waals surface area contributed by atoms with Crippen LogP contribution in [0.4, 0.5) is 0 Å². The van der Waals surface area contributed by atoms with Crippen LogP contribution in [0.3, 0.4) is 0 Å². The first-order chi connectivity index (χ1) is 27.6. The van der Waals surface area contributed by atoms with Gasteiger partial charge in [0.25, 0.3) is 0 Å². The smallest absolute Gasteiger partial charge is 0.323 e. The van der Waals surface area contributed by atoms with E-state index in [2.05, 4.69) is 27.9 Å². The lowest BCUT2D eigenvalue weighted by Crippen LogP contribution is -2.52. The first kappa shape index (κ1) is 62.6. The van der Waals surface area contributed by atoms with E-state index in [0.29, 0.717) is 77.4 Å². The molecule has 358 valence electrons. The molecule has 0 aromatic rings. The fourth-order valence-electron chi connectivity index (χ4n) is 5.50. The second-order valence-corrected chi connectivity index (χ2v) is 18.8. The van der Waals surface area contributed by atoms with Crippen LogP contribution in [0.25, 0.3) is 0 Å². The minimum atomic E-state index is -0.721. The molecule has 61 heavy (non-hydrogen) atoms. The molecule has 0 aliphatic carbocycles. The number of rotatable bonds is 13. The number of hydrogen-bond acceptors (Lipinski definition) is 13. The van der Waals surface area contributed by atoms with Crippen molar-refractivity contribution in [2.75, 3.05) is 92.8 Å².